The van der Waals surface area contributed by atoms with Crippen LogP contribution in [0, 0.1) is 13.8 Å². The molecule has 126 valence electrons. The van der Waals surface area contributed by atoms with Gasteiger partial charge in [-0.2, -0.15) is 0 Å². The van der Waals surface area contributed by atoms with Gasteiger partial charge in [-0.05, 0) is 49.2 Å². The summed E-state index contributed by atoms with van der Waals surface area (Å²) in [5.74, 6) is 0.203. The number of benzene rings is 2. The van der Waals surface area contributed by atoms with Crippen LogP contribution in [0.25, 0.3) is 0 Å². The predicted octanol–water partition coefficient (Wildman–Crippen LogP) is 4.85. The SMILES string of the molecule is Cc1cc(NC(=O)c2cnc(Nc3ccccc3C)nc2)ccc1Br. The molecular weight excluding hydrogens is 380 g/mol. The number of nitrogens with one attached hydrogen (secondary N) is 2. The first-order chi connectivity index (χ1) is 12.0. The number of amides is 1. The summed E-state index contributed by atoms with van der Waals surface area (Å²) in [7, 11) is 0. The fourth-order valence-electron chi connectivity index (χ4n) is 2.27. The predicted molar refractivity (Wildman–Crippen MR) is 103 cm³/mol. The minimum Gasteiger partial charge on any atom is -0.324 e. The third kappa shape index (κ3) is 4.22. The van der Waals surface area contributed by atoms with Crippen molar-refractivity contribution in [1.29, 1.82) is 0 Å². The zero-order valence-electron chi connectivity index (χ0n) is 13.9. The Morgan fingerprint density at radius 3 is 2.40 bits per heavy atom. The van der Waals surface area contributed by atoms with Gasteiger partial charge < -0.3 is 10.6 Å². The second kappa shape index (κ2) is 7.44. The molecule has 0 aliphatic rings. The van der Waals surface area contributed by atoms with Gasteiger partial charge >= 0.3 is 0 Å². The number of rotatable bonds is 4. The second-order valence-corrected chi connectivity index (χ2v) is 6.51. The Morgan fingerprint density at radius 1 is 1.00 bits per heavy atom. The van der Waals surface area contributed by atoms with Crippen LogP contribution in [0.1, 0.15) is 21.5 Å². The molecule has 3 aromatic rings. The molecular formula is C19H17BrN4O. The van der Waals surface area contributed by atoms with Gasteiger partial charge in [-0.15, -0.1) is 0 Å². The molecule has 0 unspecified atom stereocenters. The van der Waals surface area contributed by atoms with Gasteiger partial charge in [-0.1, -0.05) is 34.1 Å². The van der Waals surface area contributed by atoms with Crippen LogP contribution >= 0.6 is 15.9 Å². The lowest BCUT2D eigenvalue weighted by atomic mass is 10.2. The topological polar surface area (TPSA) is 66.9 Å². The third-order valence-corrected chi connectivity index (χ3v) is 4.61. The molecule has 0 fully saturated rings. The number of nitrogens with zero attached hydrogens (tertiary/aromatic N) is 2. The van der Waals surface area contributed by atoms with Gasteiger partial charge in [-0.25, -0.2) is 9.97 Å². The Labute approximate surface area is 154 Å². The van der Waals surface area contributed by atoms with Crippen molar-refractivity contribution in [3.8, 4) is 0 Å². The summed E-state index contributed by atoms with van der Waals surface area (Å²) in [6.45, 7) is 3.97. The van der Waals surface area contributed by atoms with E-state index < -0.39 is 0 Å². The van der Waals surface area contributed by atoms with E-state index in [1.807, 2.05) is 56.3 Å². The molecule has 1 heterocycles. The smallest absolute Gasteiger partial charge is 0.258 e. The molecule has 5 nitrogen and oxygen atoms in total. The summed E-state index contributed by atoms with van der Waals surface area (Å²) in [4.78, 5) is 20.7. The number of halogens is 1. The molecule has 0 aliphatic carbocycles. The Kier molecular flexibility index (Phi) is 5.09. The first-order valence-corrected chi connectivity index (χ1v) is 8.54. The fourth-order valence-corrected chi connectivity index (χ4v) is 2.52. The van der Waals surface area contributed by atoms with Gasteiger partial charge in [0.25, 0.3) is 5.91 Å². The van der Waals surface area contributed by atoms with Crippen molar-refractivity contribution >= 4 is 39.2 Å². The van der Waals surface area contributed by atoms with Crippen molar-refractivity contribution in [3.05, 3.63) is 76.0 Å². The average molecular weight is 397 g/mol. The molecule has 2 aromatic carbocycles. The Bertz CT molecular complexity index is 910. The van der Waals surface area contributed by atoms with Crippen LogP contribution in [0.5, 0.6) is 0 Å². The fraction of sp³-hybridized carbons (Fsp3) is 0.105. The quantitative estimate of drug-likeness (QED) is 0.661. The van der Waals surface area contributed by atoms with E-state index in [2.05, 4.69) is 36.5 Å². The molecule has 0 saturated carbocycles. The molecule has 25 heavy (non-hydrogen) atoms. The van der Waals surface area contributed by atoms with E-state index in [0.29, 0.717) is 11.5 Å². The Balaban J connectivity index is 1.70. The molecule has 3 rings (SSSR count). The minimum absolute atomic E-state index is 0.246. The van der Waals surface area contributed by atoms with Crippen molar-refractivity contribution < 1.29 is 4.79 Å². The van der Waals surface area contributed by atoms with Gasteiger partial charge in [0.1, 0.15) is 0 Å². The maximum absolute atomic E-state index is 12.3. The molecule has 2 N–H and O–H groups in total. The molecule has 0 saturated heterocycles. The lowest BCUT2D eigenvalue weighted by Crippen LogP contribution is -2.13. The maximum atomic E-state index is 12.3. The molecule has 0 atom stereocenters. The average Bonchev–Trinajstić information content (AvgIpc) is 2.61. The van der Waals surface area contributed by atoms with Crippen LogP contribution in [0.15, 0.2) is 59.3 Å². The highest BCUT2D eigenvalue weighted by Gasteiger charge is 2.09. The van der Waals surface area contributed by atoms with Gasteiger partial charge in [0.05, 0.1) is 5.56 Å². The normalized spacial score (nSPS) is 10.4. The van der Waals surface area contributed by atoms with E-state index >= 15 is 0 Å². The lowest BCUT2D eigenvalue weighted by Gasteiger charge is -2.09. The summed E-state index contributed by atoms with van der Waals surface area (Å²) in [5.41, 5.74) is 4.21. The number of para-hydroxylation sites is 1. The van der Waals surface area contributed by atoms with Gasteiger partial charge in [-0.3, -0.25) is 4.79 Å². The van der Waals surface area contributed by atoms with Crippen LogP contribution in [0.4, 0.5) is 17.3 Å². The van der Waals surface area contributed by atoms with Crippen molar-refractivity contribution in [2.75, 3.05) is 10.6 Å². The first kappa shape index (κ1) is 17.1. The number of aryl methyl sites for hydroxylation is 2. The van der Waals surface area contributed by atoms with E-state index in [9.17, 15) is 4.79 Å². The zero-order valence-corrected chi connectivity index (χ0v) is 15.5. The molecule has 0 aliphatic heterocycles. The van der Waals surface area contributed by atoms with Gasteiger partial charge in [0.2, 0.25) is 5.95 Å². The largest absolute Gasteiger partial charge is 0.324 e. The third-order valence-electron chi connectivity index (χ3n) is 3.72. The van der Waals surface area contributed by atoms with E-state index in [1.165, 1.54) is 12.4 Å². The van der Waals surface area contributed by atoms with E-state index in [4.69, 9.17) is 0 Å². The zero-order chi connectivity index (χ0) is 17.8. The monoisotopic (exact) mass is 396 g/mol. The van der Waals surface area contributed by atoms with Crippen LogP contribution in [-0.2, 0) is 0 Å². The number of carbonyl (C=O) groups excluding carboxylic acids is 1. The molecule has 0 spiro atoms. The maximum Gasteiger partial charge on any atom is 0.258 e. The van der Waals surface area contributed by atoms with E-state index in [-0.39, 0.29) is 5.91 Å². The van der Waals surface area contributed by atoms with Crippen molar-refractivity contribution in [1.82, 2.24) is 9.97 Å². The standard InChI is InChI=1S/C19H17BrN4O/c1-12-5-3-4-6-17(12)24-19-21-10-14(11-22-19)18(25)23-15-7-8-16(20)13(2)9-15/h3-11H,1-2H3,(H,23,25)(H,21,22,24). The van der Waals surface area contributed by atoms with Crippen molar-refractivity contribution in [3.63, 3.8) is 0 Å². The molecule has 1 aromatic heterocycles. The summed E-state index contributed by atoms with van der Waals surface area (Å²) < 4.78 is 1.00. The van der Waals surface area contributed by atoms with Gasteiger partial charge in [0.15, 0.2) is 0 Å². The summed E-state index contributed by atoms with van der Waals surface area (Å²) in [6.07, 6.45) is 3.02. The highest BCUT2D eigenvalue weighted by Crippen LogP contribution is 2.21. The van der Waals surface area contributed by atoms with Crippen LogP contribution in [0.3, 0.4) is 0 Å². The molecule has 0 radical (unpaired) electrons. The molecule has 1 amide bonds. The lowest BCUT2D eigenvalue weighted by molar-refractivity contribution is 0.102. The Morgan fingerprint density at radius 2 is 1.72 bits per heavy atom. The summed E-state index contributed by atoms with van der Waals surface area (Å²) in [5, 5.41) is 5.99. The highest BCUT2D eigenvalue weighted by molar-refractivity contribution is 9.10. The second-order valence-electron chi connectivity index (χ2n) is 5.65. The van der Waals surface area contributed by atoms with Gasteiger partial charge in [0, 0.05) is 28.2 Å². The van der Waals surface area contributed by atoms with Crippen LogP contribution < -0.4 is 10.6 Å². The number of carbonyl (C=O) groups is 1. The van der Waals surface area contributed by atoms with Crippen molar-refractivity contribution in [2.45, 2.75) is 13.8 Å². The number of hydrogen-bond donors (Lipinski definition) is 2. The summed E-state index contributed by atoms with van der Waals surface area (Å²) in [6, 6.07) is 13.5. The summed E-state index contributed by atoms with van der Waals surface area (Å²) >= 11 is 3.44. The van der Waals surface area contributed by atoms with Crippen LogP contribution in [-0.4, -0.2) is 15.9 Å². The van der Waals surface area contributed by atoms with Crippen LogP contribution in [0.2, 0.25) is 0 Å². The minimum atomic E-state index is -0.246. The highest BCUT2D eigenvalue weighted by atomic mass is 79.9. The number of hydrogen-bond acceptors (Lipinski definition) is 4. The first-order valence-electron chi connectivity index (χ1n) is 7.75. The Hall–Kier alpha value is -2.73. The van der Waals surface area contributed by atoms with E-state index in [0.717, 1.165) is 27.0 Å². The van der Waals surface area contributed by atoms with Crippen molar-refractivity contribution in [2.24, 2.45) is 0 Å². The number of aromatic nitrogens is 2. The molecule has 6 heteroatoms. The number of anilines is 3. The van der Waals surface area contributed by atoms with E-state index in [1.54, 1.807) is 0 Å². The molecule has 0 bridgehead atoms.